The van der Waals surface area contributed by atoms with Crippen molar-refractivity contribution in [3.05, 3.63) is 39.7 Å². The third kappa shape index (κ3) is 2.04. The molecule has 0 heterocycles. The highest BCUT2D eigenvalue weighted by Crippen LogP contribution is 2.20. The summed E-state index contributed by atoms with van der Waals surface area (Å²) in [5.41, 5.74) is 10.6. The number of nitro groups is 1. The molecule has 76 valence electrons. The Morgan fingerprint density at radius 3 is 2.71 bits per heavy atom. The zero-order chi connectivity index (χ0) is 10.7. The smallest absolute Gasteiger partial charge is 0.269 e. The maximum atomic E-state index is 13.1. The van der Waals surface area contributed by atoms with E-state index in [2.05, 4.69) is 0 Å². The first-order chi connectivity index (χ1) is 6.56. The molecule has 0 aliphatic heterocycles. The summed E-state index contributed by atoms with van der Waals surface area (Å²) in [5.74, 6) is -0.575. The van der Waals surface area contributed by atoms with E-state index < -0.39 is 16.8 Å². The second-order valence-electron chi connectivity index (χ2n) is 2.81. The summed E-state index contributed by atoms with van der Waals surface area (Å²) in [7, 11) is 0. The third-order valence-electron chi connectivity index (χ3n) is 1.84. The molecule has 0 aliphatic carbocycles. The van der Waals surface area contributed by atoms with Crippen LogP contribution in [0.25, 0.3) is 0 Å². The lowest BCUT2D eigenvalue weighted by atomic mass is 10.1. The number of nitro benzene ring substituents is 1. The van der Waals surface area contributed by atoms with Gasteiger partial charge in [-0.15, -0.1) is 0 Å². The second kappa shape index (κ2) is 4.12. The molecular weight excluding hydrogens is 189 g/mol. The SMILES string of the molecule is NC[C@H](N)c1cc([N+](=O)[O-])ccc1F. The van der Waals surface area contributed by atoms with Gasteiger partial charge >= 0.3 is 0 Å². The van der Waals surface area contributed by atoms with Gasteiger partial charge in [-0.05, 0) is 6.07 Å². The monoisotopic (exact) mass is 199 g/mol. The van der Waals surface area contributed by atoms with Crippen molar-refractivity contribution in [2.45, 2.75) is 6.04 Å². The van der Waals surface area contributed by atoms with Gasteiger partial charge in [-0.2, -0.15) is 0 Å². The normalized spacial score (nSPS) is 12.5. The van der Waals surface area contributed by atoms with Gasteiger partial charge in [0.2, 0.25) is 0 Å². The van der Waals surface area contributed by atoms with Gasteiger partial charge in [0.15, 0.2) is 0 Å². The Balaban J connectivity index is 3.14. The Bertz CT molecular complexity index is 356. The fourth-order valence-electron chi connectivity index (χ4n) is 1.06. The lowest BCUT2D eigenvalue weighted by Crippen LogP contribution is -2.21. The van der Waals surface area contributed by atoms with Gasteiger partial charge in [-0.1, -0.05) is 0 Å². The van der Waals surface area contributed by atoms with E-state index in [4.69, 9.17) is 11.5 Å². The van der Waals surface area contributed by atoms with Gasteiger partial charge in [-0.3, -0.25) is 10.1 Å². The summed E-state index contributed by atoms with van der Waals surface area (Å²) in [4.78, 5) is 9.78. The molecule has 4 N–H and O–H groups in total. The van der Waals surface area contributed by atoms with Gasteiger partial charge in [0.1, 0.15) is 5.82 Å². The molecule has 0 bridgehead atoms. The van der Waals surface area contributed by atoms with Crippen LogP contribution in [0.5, 0.6) is 0 Å². The topological polar surface area (TPSA) is 95.2 Å². The molecule has 0 unspecified atom stereocenters. The van der Waals surface area contributed by atoms with Crippen molar-refractivity contribution in [1.29, 1.82) is 0 Å². The van der Waals surface area contributed by atoms with Crippen LogP contribution in [0.4, 0.5) is 10.1 Å². The zero-order valence-corrected chi connectivity index (χ0v) is 7.31. The van der Waals surface area contributed by atoms with Crippen LogP contribution in [-0.4, -0.2) is 11.5 Å². The van der Waals surface area contributed by atoms with Crippen molar-refractivity contribution in [3.8, 4) is 0 Å². The number of rotatable bonds is 3. The fraction of sp³-hybridized carbons (Fsp3) is 0.250. The molecule has 5 nitrogen and oxygen atoms in total. The maximum absolute atomic E-state index is 13.1. The Morgan fingerprint density at radius 1 is 1.57 bits per heavy atom. The van der Waals surface area contributed by atoms with E-state index in [0.29, 0.717) is 0 Å². The van der Waals surface area contributed by atoms with E-state index in [1.165, 1.54) is 0 Å². The molecule has 0 spiro atoms. The third-order valence-corrected chi connectivity index (χ3v) is 1.84. The summed E-state index contributed by atoms with van der Waals surface area (Å²) < 4.78 is 13.1. The highest BCUT2D eigenvalue weighted by atomic mass is 19.1. The molecule has 6 heteroatoms. The number of nitrogens with zero attached hydrogens (tertiary/aromatic N) is 1. The molecule has 1 rings (SSSR count). The number of hydrogen-bond acceptors (Lipinski definition) is 4. The second-order valence-corrected chi connectivity index (χ2v) is 2.81. The highest BCUT2D eigenvalue weighted by Gasteiger charge is 2.14. The van der Waals surface area contributed by atoms with Gasteiger partial charge in [-0.25, -0.2) is 4.39 Å². The van der Waals surface area contributed by atoms with Crippen molar-refractivity contribution in [3.63, 3.8) is 0 Å². The lowest BCUT2D eigenvalue weighted by molar-refractivity contribution is -0.385. The largest absolute Gasteiger partial charge is 0.329 e. The standard InChI is InChI=1S/C8H10FN3O2/c9-7-2-1-5(12(13)14)3-6(7)8(11)4-10/h1-3,8H,4,10-11H2/t8-/m0/s1. The Labute approximate surface area is 79.7 Å². The molecule has 14 heavy (non-hydrogen) atoms. The summed E-state index contributed by atoms with van der Waals surface area (Å²) in [6, 6.07) is 2.49. The van der Waals surface area contributed by atoms with Crippen molar-refractivity contribution >= 4 is 5.69 Å². The van der Waals surface area contributed by atoms with E-state index in [1.54, 1.807) is 0 Å². The van der Waals surface area contributed by atoms with Crippen molar-refractivity contribution in [2.75, 3.05) is 6.54 Å². The number of nitrogens with two attached hydrogens (primary N) is 2. The number of halogens is 1. The van der Waals surface area contributed by atoms with E-state index in [1.807, 2.05) is 0 Å². The molecule has 0 radical (unpaired) electrons. The van der Waals surface area contributed by atoms with Crippen LogP contribution in [0.1, 0.15) is 11.6 Å². The van der Waals surface area contributed by atoms with E-state index in [9.17, 15) is 14.5 Å². The van der Waals surface area contributed by atoms with Gasteiger partial charge < -0.3 is 11.5 Å². The number of hydrogen-bond donors (Lipinski definition) is 2. The first-order valence-electron chi connectivity index (χ1n) is 3.95. The maximum Gasteiger partial charge on any atom is 0.269 e. The van der Waals surface area contributed by atoms with Crippen LogP contribution < -0.4 is 11.5 Å². The van der Waals surface area contributed by atoms with E-state index in [0.717, 1.165) is 18.2 Å². The minimum Gasteiger partial charge on any atom is -0.329 e. The average molecular weight is 199 g/mol. The van der Waals surface area contributed by atoms with E-state index >= 15 is 0 Å². The molecule has 0 aliphatic rings. The van der Waals surface area contributed by atoms with Crippen LogP contribution >= 0.6 is 0 Å². The van der Waals surface area contributed by atoms with Crippen LogP contribution in [0.15, 0.2) is 18.2 Å². The average Bonchev–Trinajstić information content (AvgIpc) is 2.17. The highest BCUT2D eigenvalue weighted by molar-refractivity contribution is 5.36. The molecule has 1 aromatic rings. The summed E-state index contributed by atoms with van der Waals surface area (Å²) in [6.45, 7) is 0.0398. The van der Waals surface area contributed by atoms with Crippen LogP contribution in [-0.2, 0) is 0 Å². The Hall–Kier alpha value is -1.53. The molecule has 1 aromatic carbocycles. The van der Waals surface area contributed by atoms with Crippen LogP contribution in [0.2, 0.25) is 0 Å². The van der Waals surface area contributed by atoms with Crippen molar-refractivity contribution < 1.29 is 9.31 Å². The first-order valence-corrected chi connectivity index (χ1v) is 3.95. The summed E-state index contributed by atoms with van der Waals surface area (Å²) >= 11 is 0. The minimum absolute atomic E-state index is 0.0398. The molecule has 1 atom stereocenters. The van der Waals surface area contributed by atoms with Gasteiger partial charge in [0, 0.05) is 30.3 Å². The van der Waals surface area contributed by atoms with Crippen molar-refractivity contribution in [1.82, 2.24) is 0 Å². The molecule has 0 amide bonds. The minimum atomic E-state index is -0.713. The quantitative estimate of drug-likeness (QED) is 0.553. The predicted octanol–water partition coefficient (Wildman–Crippen LogP) is 0.692. The molecule has 0 saturated heterocycles. The van der Waals surface area contributed by atoms with Crippen LogP contribution in [0, 0.1) is 15.9 Å². The molecular formula is C8H10FN3O2. The lowest BCUT2D eigenvalue weighted by Gasteiger charge is -2.09. The van der Waals surface area contributed by atoms with Crippen LogP contribution in [0.3, 0.4) is 0 Å². The molecule has 0 saturated carbocycles. The number of non-ortho nitro benzene ring substituents is 1. The van der Waals surface area contributed by atoms with E-state index in [-0.39, 0.29) is 17.8 Å². The zero-order valence-electron chi connectivity index (χ0n) is 7.31. The summed E-state index contributed by atoms with van der Waals surface area (Å²) in [6.07, 6.45) is 0. The summed E-state index contributed by atoms with van der Waals surface area (Å²) in [5, 5.41) is 10.4. The number of benzene rings is 1. The molecule has 0 fully saturated rings. The first kappa shape index (κ1) is 10.6. The van der Waals surface area contributed by atoms with Gasteiger partial charge in [0.25, 0.3) is 5.69 Å². The molecule has 0 aromatic heterocycles. The van der Waals surface area contributed by atoms with Gasteiger partial charge in [0.05, 0.1) is 4.92 Å². The Morgan fingerprint density at radius 2 is 2.21 bits per heavy atom. The Kier molecular flexibility index (Phi) is 3.10. The van der Waals surface area contributed by atoms with Crippen molar-refractivity contribution in [2.24, 2.45) is 11.5 Å². The fourth-order valence-corrected chi connectivity index (χ4v) is 1.06. The predicted molar refractivity (Wildman–Crippen MR) is 49.0 cm³/mol.